The third-order valence-corrected chi connectivity index (χ3v) is 24.7. The van der Waals surface area contributed by atoms with Crippen molar-refractivity contribution in [3.05, 3.63) is 291 Å². The highest BCUT2D eigenvalue weighted by atomic mass is 79.9. The van der Waals surface area contributed by atoms with Gasteiger partial charge in [-0.1, -0.05) is 219 Å². The van der Waals surface area contributed by atoms with E-state index in [-0.39, 0.29) is 42.9 Å². The van der Waals surface area contributed by atoms with Crippen molar-refractivity contribution in [1.82, 2.24) is 0 Å². The van der Waals surface area contributed by atoms with Crippen molar-refractivity contribution in [2.45, 2.75) is 177 Å². The molecule has 0 amide bonds. The first-order valence-electron chi connectivity index (χ1n) is 35.2. The summed E-state index contributed by atoms with van der Waals surface area (Å²) >= 11 is 7.83. The van der Waals surface area contributed by atoms with Crippen molar-refractivity contribution in [2.75, 3.05) is 9.80 Å². The number of benzene rings is 9. The number of halogens is 2. The largest absolute Gasteiger partial charge is 0.339 e. The summed E-state index contributed by atoms with van der Waals surface area (Å²) in [6.07, 6.45) is 35.8. The molecule has 4 aliphatic carbocycles. The minimum Gasteiger partial charge on any atom is -0.339 e. The predicted molar refractivity (Wildman–Crippen MR) is 405 cm³/mol. The van der Waals surface area contributed by atoms with E-state index in [0.29, 0.717) is 13.1 Å². The Labute approximate surface area is 581 Å². The monoisotopic (exact) mass is 1390 g/mol. The molecule has 15 rings (SSSR count). The van der Waals surface area contributed by atoms with Crippen molar-refractivity contribution < 1.29 is 9.85 Å². The van der Waals surface area contributed by atoms with Crippen LogP contribution in [0.2, 0.25) is 0 Å². The van der Waals surface area contributed by atoms with Crippen LogP contribution in [0.3, 0.4) is 0 Å². The fraction of sp³-hybridized carbons (Fsp3) is 0.326. The van der Waals surface area contributed by atoms with Gasteiger partial charge in [0.1, 0.15) is 0 Å². The lowest BCUT2D eigenvalue weighted by Crippen LogP contribution is -2.33. The molecule has 96 heavy (non-hydrogen) atoms. The number of non-ortho nitro benzene ring substituents is 2. The van der Waals surface area contributed by atoms with Gasteiger partial charge in [-0.3, -0.25) is 20.2 Å². The molecule has 0 radical (unpaired) electrons. The SMILES string of the molecule is C=C(/C=C/C=C1/N(Cc2ccc(CN3/C(=C/C=C/C(=C)C4(c5c(C)ccc6ccc([N+](=O)[O-])cc56)CCCCC4)C4(CCCCC4)c4c3ccc3ccc(Br)cc43)cc2)c2ccc3ccc(Br)cc3c2C12CCCCC2)C1(c2c(C)ccc3ccc([N+](=O)[O-])cc23)CCCCC1. The zero-order chi connectivity index (χ0) is 66.1. The van der Waals surface area contributed by atoms with Crippen LogP contribution in [0.5, 0.6) is 0 Å². The molecule has 0 aromatic heterocycles. The summed E-state index contributed by atoms with van der Waals surface area (Å²) < 4.78 is 2.17. The third-order valence-electron chi connectivity index (χ3n) is 23.7. The normalized spacial score (nSPS) is 19.6. The van der Waals surface area contributed by atoms with Gasteiger partial charge in [-0.25, -0.2) is 0 Å². The number of rotatable bonds is 14. The van der Waals surface area contributed by atoms with Crippen LogP contribution < -0.4 is 9.80 Å². The highest BCUT2D eigenvalue weighted by molar-refractivity contribution is 9.10. The lowest BCUT2D eigenvalue weighted by molar-refractivity contribution is -0.384. The molecule has 486 valence electrons. The van der Waals surface area contributed by atoms with Gasteiger partial charge in [-0.05, 0) is 225 Å². The van der Waals surface area contributed by atoms with E-state index in [0.717, 1.165) is 168 Å². The summed E-state index contributed by atoms with van der Waals surface area (Å²) in [6.45, 7) is 15.7. The number of nitrogens with zero attached hydrogens (tertiary/aromatic N) is 4. The van der Waals surface area contributed by atoms with E-state index in [4.69, 9.17) is 13.2 Å². The maximum Gasteiger partial charge on any atom is 0.270 e. The molecular formula is C86H84Br2N4O4. The van der Waals surface area contributed by atoms with Crippen LogP contribution in [0, 0.1) is 34.1 Å². The molecule has 0 saturated heterocycles. The molecule has 10 heteroatoms. The molecule has 8 nitrogen and oxygen atoms in total. The number of nitro groups is 2. The Morgan fingerprint density at radius 3 is 1.11 bits per heavy atom. The Kier molecular flexibility index (Phi) is 17.1. The number of aryl methyl sites for hydroxylation is 2. The molecule has 4 fully saturated rings. The zero-order valence-corrected chi connectivity index (χ0v) is 58.6. The highest BCUT2D eigenvalue weighted by Gasteiger charge is 2.51. The summed E-state index contributed by atoms with van der Waals surface area (Å²) in [5.74, 6) is 0. The van der Waals surface area contributed by atoms with Crippen molar-refractivity contribution >= 4 is 97.7 Å². The lowest BCUT2D eigenvalue weighted by atomic mass is 9.63. The predicted octanol–water partition coefficient (Wildman–Crippen LogP) is 24.5. The Morgan fingerprint density at radius 2 is 0.750 bits per heavy atom. The highest BCUT2D eigenvalue weighted by Crippen LogP contribution is 2.61. The molecule has 9 aromatic rings. The van der Waals surface area contributed by atoms with E-state index in [1.807, 2.05) is 12.1 Å². The van der Waals surface area contributed by atoms with Gasteiger partial charge in [-0.2, -0.15) is 0 Å². The van der Waals surface area contributed by atoms with Crippen molar-refractivity contribution in [2.24, 2.45) is 0 Å². The number of nitro benzene ring substituents is 2. The summed E-state index contributed by atoms with van der Waals surface area (Å²) in [5, 5.41) is 33.6. The Hall–Kier alpha value is -8.18. The fourth-order valence-electron chi connectivity index (χ4n) is 19.3. The van der Waals surface area contributed by atoms with Crippen LogP contribution in [0.4, 0.5) is 22.7 Å². The third kappa shape index (κ3) is 10.9. The van der Waals surface area contributed by atoms with Crippen molar-refractivity contribution in [3.8, 4) is 0 Å². The molecular weight excluding hydrogens is 1310 g/mol. The minimum absolute atomic E-state index is 0.122. The second-order valence-electron chi connectivity index (χ2n) is 28.9. The number of hydrogen-bond donors (Lipinski definition) is 0. The van der Waals surface area contributed by atoms with Crippen molar-refractivity contribution in [1.29, 1.82) is 0 Å². The molecule has 2 heterocycles. The van der Waals surface area contributed by atoms with Crippen LogP contribution in [0.15, 0.2) is 227 Å². The van der Waals surface area contributed by atoms with E-state index >= 15 is 0 Å². The van der Waals surface area contributed by atoms with Gasteiger partial charge in [0.05, 0.1) is 9.85 Å². The molecule has 6 aliphatic rings. The van der Waals surface area contributed by atoms with Crippen LogP contribution in [0.25, 0.3) is 43.1 Å². The van der Waals surface area contributed by atoms with Gasteiger partial charge in [0, 0.05) is 90.7 Å². The standard InChI is InChI=1S/C86H84Br2N4O4/c1-57-23-29-63-33-39-69(91(93)94)53-73(63)79(57)83(43-9-5-10-44-83)59(3)19-17-21-77-85(47-13-7-14-48-85)81-71-51-67(87)37-31-65(71)35-41-75(81)89(77)55-61-25-27-62(28-26-61)56-90-76-42-36-66-32-38-68(88)52-72(66)82(76)86(49-15-8-16-50-86)78(90)22-18-20-60(4)84(45-11-6-12-46-84)80-58(2)24-30-64-34-40-70(92(95)96)54-74(64)80/h17-42,51-54H,3-16,43-50,55-56H2,1-2H3/b19-17+,20-18+,77-21+,78-22+. The first kappa shape index (κ1) is 63.9. The van der Waals surface area contributed by atoms with Gasteiger partial charge in [-0.15, -0.1) is 0 Å². The summed E-state index contributed by atoms with van der Waals surface area (Å²) in [5.41, 5.74) is 16.6. The minimum atomic E-state index is -0.356. The van der Waals surface area contributed by atoms with E-state index in [2.05, 4.69) is 201 Å². The zero-order valence-electron chi connectivity index (χ0n) is 55.5. The second kappa shape index (κ2) is 25.7. The first-order valence-corrected chi connectivity index (χ1v) is 36.8. The fourth-order valence-corrected chi connectivity index (χ4v) is 20.0. The maximum absolute atomic E-state index is 12.3. The second-order valence-corrected chi connectivity index (χ2v) is 30.8. The Bertz CT molecular complexity index is 4490. The molecule has 0 unspecified atom stereocenters. The quantitative estimate of drug-likeness (QED) is 0.0612. The van der Waals surface area contributed by atoms with Gasteiger partial charge < -0.3 is 9.80 Å². The molecule has 0 atom stereocenters. The van der Waals surface area contributed by atoms with Gasteiger partial charge >= 0.3 is 0 Å². The van der Waals surface area contributed by atoms with Crippen LogP contribution in [-0.2, 0) is 34.7 Å². The van der Waals surface area contributed by atoms with Crippen LogP contribution >= 0.6 is 31.9 Å². The molecule has 0 N–H and O–H groups in total. The number of allylic oxidation sites excluding steroid dienone is 10. The molecule has 4 saturated carbocycles. The average molecular weight is 1400 g/mol. The van der Waals surface area contributed by atoms with Crippen LogP contribution in [-0.4, -0.2) is 9.85 Å². The average Bonchev–Trinajstić information content (AvgIpc) is 1.51. The summed E-state index contributed by atoms with van der Waals surface area (Å²) in [7, 11) is 0. The lowest BCUT2D eigenvalue weighted by Gasteiger charge is -2.41. The smallest absolute Gasteiger partial charge is 0.270 e. The van der Waals surface area contributed by atoms with Gasteiger partial charge in [0.2, 0.25) is 0 Å². The van der Waals surface area contributed by atoms with E-state index in [9.17, 15) is 20.2 Å². The summed E-state index contributed by atoms with van der Waals surface area (Å²) in [4.78, 5) is 29.3. The summed E-state index contributed by atoms with van der Waals surface area (Å²) in [6, 6.07) is 51.8. The van der Waals surface area contributed by atoms with Gasteiger partial charge in [0.15, 0.2) is 0 Å². The number of fused-ring (bicyclic) bond motifs is 10. The van der Waals surface area contributed by atoms with Crippen molar-refractivity contribution in [3.63, 3.8) is 0 Å². The van der Waals surface area contributed by atoms with E-state index < -0.39 is 0 Å². The van der Waals surface area contributed by atoms with Crippen LogP contribution in [0.1, 0.15) is 173 Å². The van der Waals surface area contributed by atoms with E-state index in [1.54, 1.807) is 24.3 Å². The number of anilines is 2. The molecule has 2 aliphatic heterocycles. The molecule has 0 bridgehead atoms. The number of hydrogen-bond acceptors (Lipinski definition) is 6. The Balaban J connectivity index is 0.801. The molecule has 9 aromatic carbocycles. The molecule has 2 spiro atoms. The van der Waals surface area contributed by atoms with Gasteiger partial charge in [0.25, 0.3) is 11.4 Å². The Morgan fingerprint density at radius 1 is 0.427 bits per heavy atom. The first-order chi connectivity index (χ1) is 46.6. The maximum atomic E-state index is 12.3. The van der Waals surface area contributed by atoms with E-state index in [1.165, 1.54) is 90.5 Å². The topological polar surface area (TPSA) is 92.8 Å².